The van der Waals surface area contributed by atoms with E-state index < -0.39 is 17.9 Å². The molecule has 0 heterocycles. The van der Waals surface area contributed by atoms with Gasteiger partial charge in [0.1, 0.15) is 0 Å². The molecule has 6 nitrogen and oxygen atoms in total. The number of carboxylic acids is 1. The molecule has 1 aromatic rings. The molecule has 0 aliphatic rings. The molecule has 0 bridgehead atoms. The molecule has 0 radical (unpaired) electrons. The summed E-state index contributed by atoms with van der Waals surface area (Å²) in [5.41, 5.74) is 1.70. The number of hydrogen-bond acceptors (Lipinski definition) is 3. The first kappa shape index (κ1) is 15.7. The molecule has 0 saturated heterocycles. The lowest BCUT2D eigenvalue weighted by Gasteiger charge is -2.21. The van der Waals surface area contributed by atoms with Crippen molar-refractivity contribution in [2.45, 2.75) is 26.7 Å². The fourth-order valence-corrected chi connectivity index (χ4v) is 1.71. The second kappa shape index (κ2) is 7.28. The number of carbonyl (C=O) groups excluding carboxylic acids is 2. The van der Waals surface area contributed by atoms with Crippen LogP contribution < -0.4 is 10.2 Å². The molecule has 3 amide bonds. The zero-order chi connectivity index (χ0) is 15.1. The Morgan fingerprint density at radius 1 is 1.25 bits per heavy atom. The van der Waals surface area contributed by atoms with Crippen LogP contribution in [0.15, 0.2) is 24.3 Å². The van der Waals surface area contributed by atoms with E-state index in [9.17, 15) is 14.4 Å². The molecule has 0 saturated carbocycles. The normalized spacial score (nSPS) is 9.90. The maximum atomic E-state index is 12.0. The number of benzene rings is 1. The number of nitrogens with zero attached hydrogens (tertiary/aromatic N) is 1. The van der Waals surface area contributed by atoms with Crippen LogP contribution in [-0.4, -0.2) is 29.6 Å². The maximum Gasteiger partial charge on any atom is 0.328 e. The number of rotatable bonds is 5. The average Bonchev–Trinajstić information content (AvgIpc) is 2.37. The second-order valence-electron chi connectivity index (χ2n) is 4.33. The third-order valence-corrected chi connectivity index (χ3v) is 2.69. The molecule has 1 aromatic carbocycles. The fourth-order valence-electron chi connectivity index (χ4n) is 1.71. The van der Waals surface area contributed by atoms with Gasteiger partial charge in [0, 0.05) is 18.7 Å². The van der Waals surface area contributed by atoms with Crippen LogP contribution in [0, 0.1) is 6.92 Å². The first-order chi connectivity index (χ1) is 9.43. The van der Waals surface area contributed by atoms with Gasteiger partial charge in [-0.3, -0.25) is 19.8 Å². The molecule has 0 aliphatic heterocycles. The predicted octanol–water partition coefficient (Wildman–Crippen LogP) is 1.92. The van der Waals surface area contributed by atoms with Gasteiger partial charge in [-0.15, -0.1) is 0 Å². The van der Waals surface area contributed by atoms with Crippen LogP contribution in [0.2, 0.25) is 0 Å². The Morgan fingerprint density at radius 3 is 2.50 bits per heavy atom. The molecule has 6 heteroatoms. The first-order valence-corrected chi connectivity index (χ1v) is 6.34. The molecule has 2 N–H and O–H groups in total. The summed E-state index contributed by atoms with van der Waals surface area (Å²) >= 11 is 0. The number of urea groups is 1. The van der Waals surface area contributed by atoms with Crippen molar-refractivity contribution < 1.29 is 19.5 Å². The molecule has 0 fully saturated rings. The number of nitrogens with one attached hydrogen (secondary N) is 1. The SMILES string of the molecule is CCN(C(=O)NC(=O)CCC(=O)O)c1cccc(C)c1. The quantitative estimate of drug-likeness (QED) is 0.861. The van der Waals surface area contributed by atoms with Crippen molar-refractivity contribution in [2.24, 2.45) is 0 Å². The Hall–Kier alpha value is -2.37. The molecule has 108 valence electrons. The van der Waals surface area contributed by atoms with Crippen molar-refractivity contribution in [1.82, 2.24) is 5.32 Å². The van der Waals surface area contributed by atoms with Crippen LogP contribution in [0.1, 0.15) is 25.3 Å². The Balaban J connectivity index is 2.68. The molecule has 0 aromatic heterocycles. The molecular weight excluding hydrogens is 260 g/mol. The highest BCUT2D eigenvalue weighted by Gasteiger charge is 2.17. The van der Waals surface area contributed by atoms with Crippen LogP contribution in [0.3, 0.4) is 0 Å². The Labute approximate surface area is 117 Å². The van der Waals surface area contributed by atoms with Gasteiger partial charge < -0.3 is 5.11 Å². The Morgan fingerprint density at radius 2 is 1.95 bits per heavy atom. The number of aliphatic carboxylic acids is 1. The number of amides is 3. The van der Waals surface area contributed by atoms with Crippen molar-refractivity contribution in [3.8, 4) is 0 Å². The van der Waals surface area contributed by atoms with Crippen LogP contribution in [0.5, 0.6) is 0 Å². The summed E-state index contributed by atoms with van der Waals surface area (Å²) in [6.07, 6.45) is -0.512. The zero-order valence-corrected chi connectivity index (χ0v) is 11.5. The minimum atomic E-state index is -1.07. The van der Waals surface area contributed by atoms with E-state index in [-0.39, 0.29) is 12.8 Å². The lowest BCUT2D eigenvalue weighted by Crippen LogP contribution is -2.43. The third-order valence-electron chi connectivity index (χ3n) is 2.69. The van der Waals surface area contributed by atoms with E-state index in [1.54, 1.807) is 13.0 Å². The van der Waals surface area contributed by atoms with Gasteiger partial charge in [-0.1, -0.05) is 12.1 Å². The highest BCUT2D eigenvalue weighted by molar-refractivity contribution is 6.03. The fraction of sp³-hybridized carbons (Fsp3) is 0.357. The van der Waals surface area contributed by atoms with Gasteiger partial charge in [0.25, 0.3) is 0 Å². The predicted molar refractivity (Wildman–Crippen MR) is 74.6 cm³/mol. The maximum absolute atomic E-state index is 12.0. The molecule has 1 rings (SSSR count). The van der Waals surface area contributed by atoms with Crippen molar-refractivity contribution in [3.63, 3.8) is 0 Å². The number of anilines is 1. The summed E-state index contributed by atoms with van der Waals surface area (Å²) < 4.78 is 0. The van der Waals surface area contributed by atoms with Crippen molar-refractivity contribution in [3.05, 3.63) is 29.8 Å². The van der Waals surface area contributed by atoms with Crippen LogP contribution in [0.4, 0.5) is 10.5 Å². The van der Waals surface area contributed by atoms with E-state index >= 15 is 0 Å². The lowest BCUT2D eigenvalue weighted by atomic mass is 10.2. The molecule has 20 heavy (non-hydrogen) atoms. The summed E-state index contributed by atoms with van der Waals surface area (Å²) in [4.78, 5) is 35.2. The summed E-state index contributed by atoms with van der Waals surface area (Å²) in [5.74, 6) is -1.66. The standard InChI is InChI=1S/C14H18N2O4/c1-3-16(11-6-4-5-10(2)9-11)14(20)15-12(17)7-8-13(18)19/h4-6,9H,3,7-8H2,1-2H3,(H,18,19)(H,15,17,20). The van der Waals surface area contributed by atoms with E-state index in [2.05, 4.69) is 5.32 Å². The van der Waals surface area contributed by atoms with Crippen LogP contribution in [-0.2, 0) is 9.59 Å². The van der Waals surface area contributed by atoms with Gasteiger partial charge in [-0.05, 0) is 31.5 Å². The van der Waals surface area contributed by atoms with E-state index in [0.29, 0.717) is 12.2 Å². The van der Waals surface area contributed by atoms with Gasteiger partial charge in [-0.2, -0.15) is 0 Å². The van der Waals surface area contributed by atoms with Gasteiger partial charge >= 0.3 is 12.0 Å². The topological polar surface area (TPSA) is 86.7 Å². The number of imide groups is 1. The van der Waals surface area contributed by atoms with E-state index in [4.69, 9.17) is 5.11 Å². The molecular formula is C14H18N2O4. The van der Waals surface area contributed by atoms with Gasteiger partial charge in [-0.25, -0.2) is 4.79 Å². The van der Waals surface area contributed by atoms with Gasteiger partial charge in [0.2, 0.25) is 5.91 Å². The smallest absolute Gasteiger partial charge is 0.328 e. The highest BCUT2D eigenvalue weighted by Crippen LogP contribution is 2.15. The van der Waals surface area contributed by atoms with Crippen molar-refractivity contribution >= 4 is 23.6 Å². The molecule has 0 aliphatic carbocycles. The van der Waals surface area contributed by atoms with Crippen LogP contribution in [0.25, 0.3) is 0 Å². The average molecular weight is 278 g/mol. The van der Waals surface area contributed by atoms with E-state index in [0.717, 1.165) is 5.56 Å². The summed E-state index contributed by atoms with van der Waals surface area (Å²) in [6.45, 7) is 4.11. The van der Waals surface area contributed by atoms with Gasteiger partial charge in [0.05, 0.1) is 6.42 Å². The number of carbonyl (C=O) groups is 3. The number of aryl methyl sites for hydroxylation is 1. The van der Waals surface area contributed by atoms with Crippen molar-refractivity contribution in [2.75, 3.05) is 11.4 Å². The van der Waals surface area contributed by atoms with E-state index in [1.807, 2.05) is 25.1 Å². The van der Waals surface area contributed by atoms with E-state index in [1.165, 1.54) is 4.90 Å². The summed E-state index contributed by atoms with van der Waals surface area (Å²) in [6, 6.07) is 6.80. The van der Waals surface area contributed by atoms with Gasteiger partial charge in [0.15, 0.2) is 0 Å². The van der Waals surface area contributed by atoms with Crippen molar-refractivity contribution in [1.29, 1.82) is 0 Å². The second-order valence-corrected chi connectivity index (χ2v) is 4.33. The monoisotopic (exact) mass is 278 g/mol. The summed E-state index contributed by atoms with van der Waals surface area (Å²) in [5, 5.41) is 10.7. The van der Waals surface area contributed by atoms with Crippen LogP contribution >= 0.6 is 0 Å². The Kier molecular flexibility index (Phi) is 5.71. The highest BCUT2D eigenvalue weighted by atomic mass is 16.4. The number of carboxylic acid groups (broad SMARTS) is 1. The Bertz CT molecular complexity index is 514. The lowest BCUT2D eigenvalue weighted by molar-refractivity contribution is -0.138. The molecule has 0 atom stereocenters. The number of hydrogen-bond donors (Lipinski definition) is 2. The minimum absolute atomic E-state index is 0.216. The molecule has 0 unspecified atom stereocenters. The third kappa shape index (κ3) is 4.72. The largest absolute Gasteiger partial charge is 0.481 e. The summed E-state index contributed by atoms with van der Waals surface area (Å²) in [7, 11) is 0. The zero-order valence-electron chi connectivity index (χ0n) is 11.5. The molecule has 0 spiro atoms. The first-order valence-electron chi connectivity index (χ1n) is 6.34. The minimum Gasteiger partial charge on any atom is -0.481 e.